The van der Waals surface area contributed by atoms with Crippen LogP contribution in [0.3, 0.4) is 0 Å². The maximum Gasteiger partial charge on any atom is 0.279 e. The first-order chi connectivity index (χ1) is 7.38. The molecule has 0 spiro atoms. The number of rotatable bonds is 5. The van der Waals surface area contributed by atoms with Gasteiger partial charge in [0.15, 0.2) is 0 Å². The fraction of sp³-hybridized carbons (Fsp3) is 1.00. The Balaban J connectivity index is 2.65. The Labute approximate surface area is 97.5 Å². The van der Waals surface area contributed by atoms with Gasteiger partial charge in [-0.3, -0.25) is 0 Å². The van der Waals surface area contributed by atoms with Crippen molar-refractivity contribution in [3.05, 3.63) is 0 Å². The summed E-state index contributed by atoms with van der Waals surface area (Å²) in [7, 11) is -0.268. The SMILES string of the molecule is CO[C@H]1CNCC1NS(=O)(=O)N(C)C(C)C. The lowest BCUT2D eigenvalue weighted by Gasteiger charge is -2.25. The summed E-state index contributed by atoms with van der Waals surface area (Å²) < 4.78 is 33.0. The zero-order valence-corrected chi connectivity index (χ0v) is 11.0. The smallest absolute Gasteiger partial charge is 0.279 e. The molecule has 96 valence electrons. The minimum Gasteiger partial charge on any atom is -0.378 e. The standard InChI is InChI=1S/C9H21N3O3S/c1-7(2)12(3)16(13,14)11-8-5-10-6-9(8)15-4/h7-11H,5-6H2,1-4H3/t8?,9-/m0/s1. The maximum atomic E-state index is 11.9. The van der Waals surface area contributed by atoms with Crippen molar-refractivity contribution in [2.24, 2.45) is 0 Å². The van der Waals surface area contributed by atoms with Crippen molar-refractivity contribution in [3.63, 3.8) is 0 Å². The largest absolute Gasteiger partial charge is 0.378 e. The molecule has 0 bridgehead atoms. The lowest BCUT2D eigenvalue weighted by Crippen LogP contribution is -2.50. The Morgan fingerprint density at radius 1 is 1.44 bits per heavy atom. The molecule has 1 heterocycles. The van der Waals surface area contributed by atoms with Crippen LogP contribution < -0.4 is 10.0 Å². The lowest BCUT2D eigenvalue weighted by molar-refractivity contribution is 0.102. The van der Waals surface area contributed by atoms with Gasteiger partial charge in [-0.25, -0.2) is 0 Å². The van der Waals surface area contributed by atoms with Gasteiger partial charge < -0.3 is 10.1 Å². The Hall–Kier alpha value is -0.210. The molecule has 1 saturated heterocycles. The second-order valence-electron chi connectivity index (χ2n) is 4.27. The molecule has 2 N–H and O–H groups in total. The predicted octanol–water partition coefficient (Wildman–Crippen LogP) is -0.852. The van der Waals surface area contributed by atoms with E-state index in [0.717, 1.165) is 0 Å². The van der Waals surface area contributed by atoms with Crippen LogP contribution in [0.15, 0.2) is 0 Å². The zero-order chi connectivity index (χ0) is 12.3. The van der Waals surface area contributed by atoms with Crippen LogP contribution in [0, 0.1) is 0 Å². The van der Waals surface area contributed by atoms with E-state index >= 15 is 0 Å². The van der Waals surface area contributed by atoms with Gasteiger partial charge in [0.2, 0.25) is 0 Å². The van der Waals surface area contributed by atoms with E-state index in [0.29, 0.717) is 13.1 Å². The van der Waals surface area contributed by atoms with Crippen LogP contribution in [0.5, 0.6) is 0 Å². The zero-order valence-electron chi connectivity index (χ0n) is 10.2. The molecule has 1 aliphatic rings. The van der Waals surface area contributed by atoms with E-state index < -0.39 is 10.2 Å². The highest BCUT2D eigenvalue weighted by Gasteiger charge is 2.32. The van der Waals surface area contributed by atoms with Gasteiger partial charge in [-0.05, 0) is 13.8 Å². The van der Waals surface area contributed by atoms with Gasteiger partial charge in [0, 0.05) is 33.3 Å². The number of ether oxygens (including phenoxy) is 1. The van der Waals surface area contributed by atoms with E-state index in [1.54, 1.807) is 14.2 Å². The minimum absolute atomic E-state index is 0.0622. The van der Waals surface area contributed by atoms with Gasteiger partial charge in [0.1, 0.15) is 0 Å². The van der Waals surface area contributed by atoms with E-state index in [1.807, 2.05) is 13.8 Å². The van der Waals surface area contributed by atoms with Crippen molar-refractivity contribution in [2.45, 2.75) is 32.0 Å². The summed E-state index contributed by atoms with van der Waals surface area (Å²) >= 11 is 0. The van der Waals surface area contributed by atoms with Gasteiger partial charge in [0.05, 0.1) is 12.1 Å². The molecule has 0 amide bonds. The highest BCUT2D eigenvalue weighted by atomic mass is 32.2. The van der Waals surface area contributed by atoms with Gasteiger partial charge in [-0.15, -0.1) is 0 Å². The van der Waals surface area contributed by atoms with E-state index in [-0.39, 0.29) is 18.2 Å². The van der Waals surface area contributed by atoms with Crippen LogP contribution in [0.1, 0.15) is 13.8 Å². The molecular formula is C9H21N3O3S. The van der Waals surface area contributed by atoms with E-state index in [9.17, 15) is 8.42 Å². The molecule has 2 atom stereocenters. The number of nitrogens with one attached hydrogen (secondary N) is 2. The Kier molecular flexibility index (Phi) is 4.69. The first-order valence-electron chi connectivity index (χ1n) is 5.37. The first-order valence-corrected chi connectivity index (χ1v) is 6.81. The summed E-state index contributed by atoms with van der Waals surface area (Å²) in [5.74, 6) is 0. The molecule has 1 rings (SSSR count). The van der Waals surface area contributed by atoms with Crippen LogP contribution in [0.25, 0.3) is 0 Å². The van der Waals surface area contributed by atoms with Gasteiger partial charge in [-0.1, -0.05) is 0 Å². The van der Waals surface area contributed by atoms with E-state index in [1.165, 1.54) is 4.31 Å². The van der Waals surface area contributed by atoms with Crippen LogP contribution >= 0.6 is 0 Å². The quantitative estimate of drug-likeness (QED) is 0.667. The topological polar surface area (TPSA) is 70.7 Å². The van der Waals surface area contributed by atoms with Crippen LogP contribution in [0.4, 0.5) is 0 Å². The maximum absolute atomic E-state index is 11.9. The summed E-state index contributed by atoms with van der Waals surface area (Å²) in [5, 5.41) is 3.09. The molecular weight excluding hydrogens is 230 g/mol. The molecule has 1 aliphatic heterocycles. The summed E-state index contributed by atoms with van der Waals surface area (Å²) in [6.07, 6.45) is -0.102. The Morgan fingerprint density at radius 2 is 2.06 bits per heavy atom. The van der Waals surface area contributed by atoms with Crippen molar-refractivity contribution < 1.29 is 13.2 Å². The second-order valence-corrected chi connectivity index (χ2v) is 6.03. The molecule has 0 radical (unpaired) electrons. The normalized spacial score (nSPS) is 26.9. The van der Waals surface area contributed by atoms with Crippen LogP contribution in [0.2, 0.25) is 0 Å². The van der Waals surface area contributed by atoms with Crippen LogP contribution in [-0.4, -0.2) is 58.2 Å². The van der Waals surface area contributed by atoms with Crippen molar-refractivity contribution in [2.75, 3.05) is 27.2 Å². The van der Waals surface area contributed by atoms with E-state index in [4.69, 9.17) is 4.74 Å². The Bertz CT molecular complexity index is 318. The third-order valence-electron chi connectivity index (χ3n) is 2.87. The van der Waals surface area contributed by atoms with Crippen molar-refractivity contribution in [3.8, 4) is 0 Å². The molecule has 0 aromatic heterocycles. The average Bonchev–Trinajstić information content (AvgIpc) is 2.63. The number of nitrogens with zero attached hydrogens (tertiary/aromatic N) is 1. The highest BCUT2D eigenvalue weighted by Crippen LogP contribution is 2.08. The summed E-state index contributed by atoms with van der Waals surface area (Å²) in [6.45, 7) is 4.94. The monoisotopic (exact) mass is 251 g/mol. The second kappa shape index (κ2) is 5.42. The number of hydrogen-bond acceptors (Lipinski definition) is 4. The predicted molar refractivity (Wildman–Crippen MR) is 62.4 cm³/mol. The molecule has 0 saturated carbocycles. The minimum atomic E-state index is -3.42. The van der Waals surface area contributed by atoms with E-state index in [2.05, 4.69) is 10.0 Å². The molecule has 0 aliphatic carbocycles. The van der Waals surface area contributed by atoms with Gasteiger partial charge in [-0.2, -0.15) is 17.4 Å². The molecule has 6 nitrogen and oxygen atoms in total. The number of hydrogen-bond donors (Lipinski definition) is 2. The lowest BCUT2D eigenvalue weighted by atomic mass is 10.2. The van der Waals surface area contributed by atoms with Crippen LogP contribution in [-0.2, 0) is 14.9 Å². The Morgan fingerprint density at radius 3 is 2.56 bits per heavy atom. The first kappa shape index (κ1) is 13.9. The summed E-state index contributed by atoms with van der Waals surface area (Å²) in [6, 6.07) is -0.260. The summed E-state index contributed by atoms with van der Waals surface area (Å²) in [5.41, 5.74) is 0. The van der Waals surface area contributed by atoms with Crippen molar-refractivity contribution >= 4 is 10.2 Å². The fourth-order valence-corrected chi connectivity index (χ4v) is 2.91. The average molecular weight is 251 g/mol. The van der Waals surface area contributed by atoms with Crippen molar-refractivity contribution in [1.29, 1.82) is 0 Å². The molecule has 1 fully saturated rings. The van der Waals surface area contributed by atoms with Gasteiger partial charge in [0.25, 0.3) is 10.2 Å². The molecule has 0 aromatic rings. The molecule has 7 heteroatoms. The fourth-order valence-electron chi connectivity index (χ4n) is 1.57. The van der Waals surface area contributed by atoms with Crippen molar-refractivity contribution in [1.82, 2.24) is 14.3 Å². The highest BCUT2D eigenvalue weighted by molar-refractivity contribution is 7.87. The third-order valence-corrected chi connectivity index (χ3v) is 4.65. The van der Waals surface area contributed by atoms with Gasteiger partial charge >= 0.3 is 0 Å². The molecule has 16 heavy (non-hydrogen) atoms. The molecule has 1 unspecified atom stereocenters. The molecule has 0 aromatic carbocycles. The summed E-state index contributed by atoms with van der Waals surface area (Å²) in [4.78, 5) is 0. The third kappa shape index (κ3) is 3.14. The number of methoxy groups -OCH3 is 1.